The number of amides is 1. The average molecular weight is 380 g/mol. The molecule has 0 saturated heterocycles. The second kappa shape index (κ2) is 8.56. The summed E-state index contributed by atoms with van der Waals surface area (Å²) >= 11 is 0. The van der Waals surface area contributed by atoms with Crippen molar-refractivity contribution in [2.75, 3.05) is 20.7 Å². The van der Waals surface area contributed by atoms with Crippen LogP contribution >= 0.6 is 0 Å². The molecule has 1 amide bonds. The summed E-state index contributed by atoms with van der Waals surface area (Å²) in [5.41, 5.74) is 1.02. The van der Waals surface area contributed by atoms with Crippen LogP contribution in [-0.4, -0.2) is 45.9 Å². The standard InChI is InChI=1S/C21H24N4O3/c1-4-14-23(2)19(26)15-24-20(16-8-6-5-7-9-16)22-25(21(24)27)17-10-12-18(28-3)13-11-17/h5-13H,4,14-15H2,1-3H3. The SMILES string of the molecule is CCCN(C)C(=O)Cn1c(-c2ccccc2)nn(-c2ccc(OC)cc2)c1=O. The molecule has 0 spiro atoms. The van der Waals surface area contributed by atoms with Crippen LogP contribution in [0, 0.1) is 0 Å². The molecule has 28 heavy (non-hydrogen) atoms. The molecule has 7 heteroatoms. The minimum absolute atomic E-state index is 0.0598. The maximum Gasteiger partial charge on any atom is 0.351 e. The van der Waals surface area contributed by atoms with Gasteiger partial charge in [-0.15, -0.1) is 5.10 Å². The number of nitrogens with zero attached hydrogens (tertiary/aromatic N) is 4. The number of carbonyl (C=O) groups excluding carboxylic acids is 1. The molecular weight excluding hydrogens is 356 g/mol. The molecule has 0 unspecified atom stereocenters. The van der Waals surface area contributed by atoms with E-state index in [1.165, 1.54) is 9.25 Å². The highest BCUT2D eigenvalue weighted by Gasteiger charge is 2.20. The van der Waals surface area contributed by atoms with Crippen LogP contribution in [0.15, 0.2) is 59.4 Å². The van der Waals surface area contributed by atoms with Crippen LogP contribution < -0.4 is 10.4 Å². The molecule has 0 atom stereocenters. The fraction of sp³-hybridized carbons (Fsp3) is 0.286. The number of aromatic nitrogens is 3. The molecule has 3 rings (SSSR count). The fourth-order valence-corrected chi connectivity index (χ4v) is 2.95. The molecule has 1 heterocycles. The highest BCUT2D eigenvalue weighted by molar-refractivity contribution is 5.76. The Morgan fingerprint density at radius 2 is 1.79 bits per heavy atom. The van der Waals surface area contributed by atoms with Gasteiger partial charge in [0.1, 0.15) is 12.3 Å². The minimum atomic E-state index is -0.359. The van der Waals surface area contributed by atoms with Crippen molar-refractivity contribution >= 4 is 5.91 Å². The van der Waals surface area contributed by atoms with Crippen LogP contribution in [0.2, 0.25) is 0 Å². The average Bonchev–Trinajstić information content (AvgIpc) is 3.05. The molecule has 0 radical (unpaired) electrons. The second-order valence-electron chi connectivity index (χ2n) is 6.48. The van der Waals surface area contributed by atoms with E-state index in [0.717, 1.165) is 12.0 Å². The summed E-state index contributed by atoms with van der Waals surface area (Å²) < 4.78 is 7.91. The van der Waals surface area contributed by atoms with E-state index in [2.05, 4.69) is 5.10 Å². The van der Waals surface area contributed by atoms with E-state index in [1.807, 2.05) is 37.3 Å². The fourth-order valence-electron chi connectivity index (χ4n) is 2.95. The summed E-state index contributed by atoms with van der Waals surface area (Å²) in [5.74, 6) is 1.02. The van der Waals surface area contributed by atoms with Crippen molar-refractivity contribution in [1.29, 1.82) is 0 Å². The largest absolute Gasteiger partial charge is 0.497 e. The molecule has 146 valence electrons. The first-order valence-electron chi connectivity index (χ1n) is 9.18. The van der Waals surface area contributed by atoms with Crippen LogP contribution in [0.5, 0.6) is 5.75 Å². The molecule has 7 nitrogen and oxygen atoms in total. The highest BCUT2D eigenvalue weighted by atomic mass is 16.5. The zero-order valence-electron chi connectivity index (χ0n) is 16.3. The number of hydrogen-bond donors (Lipinski definition) is 0. The summed E-state index contributed by atoms with van der Waals surface area (Å²) in [6.45, 7) is 2.59. The van der Waals surface area contributed by atoms with Gasteiger partial charge in [-0.3, -0.25) is 9.36 Å². The Morgan fingerprint density at radius 1 is 1.11 bits per heavy atom. The molecule has 0 saturated carbocycles. The Bertz CT molecular complexity index is 991. The number of rotatable bonds is 7. The number of hydrogen-bond acceptors (Lipinski definition) is 4. The molecule has 3 aromatic rings. The van der Waals surface area contributed by atoms with E-state index in [0.29, 0.717) is 23.8 Å². The van der Waals surface area contributed by atoms with E-state index in [9.17, 15) is 9.59 Å². The predicted octanol–water partition coefficient (Wildman–Crippen LogP) is 2.58. The van der Waals surface area contributed by atoms with Crippen molar-refractivity contribution in [3.8, 4) is 22.8 Å². The normalized spacial score (nSPS) is 10.7. The van der Waals surface area contributed by atoms with Crippen LogP contribution in [-0.2, 0) is 11.3 Å². The number of likely N-dealkylation sites (N-methyl/N-ethyl adjacent to an activating group) is 1. The molecule has 0 aliphatic rings. The predicted molar refractivity (Wildman–Crippen MR) is 108 cm³/mol. The summed E-state index contributed by atoms with van der Waals surface area (Å²) in [7, 11) is 3.33. The van der Waals surface area contributed by atoms with Crippen molar-refractivity contribution in [3.05, 3.63) is 65.1 Å². The van der Waals surface area contributed by atoms with Gasteiger partial charge in [0.05, 0.1) is 12.8 Å². The van der Waals surface area contributed by atoms with Crippen molar-refractivity contribution < 1.29 is 9.53 Å². The van der Waals surface area contributed by atoms with Crippen molar-refractivity contribution in [2.45, 2.75) is 19.9 Å². The van der Waals surface area contributed by atoms with Gasteiger partial charge in [0.25, 0.3) is 0 Å². The Kier molecular flexibility index (Phi) is 5.93. The lowest BCUT2D eigenvalue weighted by molar-refractivity contribution is -0.130. The van der Waals surface area contributed by atoms with Crippen LogP contribution in [0.25, 0.3) is 17.1 Å². The molecule has 0 fully saturated rings. The van der Waals surface area contributed by atoms with Gasteiger partial charge in [0.2, 0.25) is 5.91 Å². The van der Waals surface area contributed by atoms with E-state index in [-0.39, 0.29) is 18.1 Å². The number of ether oxygens (including phenoxy) is 1. The van der Waals surface area contributed by atoms with Gasteiger partial charge in [0, 0.05) is 19.2 Å². The first-order chi connectivity index (χ1) is 13.5. The summed E-state index contributed by atoms with van der Waals surface area (Å²) in [6, 6.07) is 16.4. The maximum absolute atomic E-state index is 13.1. The first kappa shape index (κ1) is 19.4. The Balaban J connectivity index is 2.07. The maximum atomic E-state index is 13.1. The number of carbonyl (C=O) groups is 1. The van der Waals surface area contributed by atoms with E-state index < -0.39 is 0 Å². The van der Waals surface area contributed by atoms with Gasteiger partial charge in [-0.2, -0.15) is 4.68 Å². The highest BCUT2D eigenvalue weighted by Crippen LogP contribution is 2.18. The van der Waals surface area contributed by atoms with Crippen LogP contribution in [0.4, 0.5) is 0 Å². The molecule has 2 aromatic carbocycles. The quantitative estimate of drug-likeness (QED) is 0.632. The Hall–Kier alpha value is -3.35. The molecule has 0 aliphatic carbocycles. The van der Waals surface area contributed by atoms with Gasteiger partial charge in [-0.25, -0.2) is 4.79 Å². The molecule has 0 N–H and O–H groups in total. The number of methoxy groups -OCH3 is 1. The lowest BCUT2D eigenvalue weighted by atomic mass is 10.2. The van der Waals surface area contributed by atoms with E-state index in [4.69, 9.17) is 4.74 Å². The molecule has 0 aliphatic heterocycles. The lowest BCUT2D eigenvalue weighted by Gasteiger charge is -2.16. The lowest BCUT2D eigenvalue weighted by Crippen LogP contribution is -2.35. The van der Waals surface area contributed by atoms with Crippen LogP contribution in [0.3, 0.4) is 0 Å². The zero-order valence-corrected chi connectivity index (χ0v) is 16.3. The van der Waals surface area contributed by atoms with Gasteiger partial charge < -0.3 is 9.64 Å². The first-order valence-corrected chi connectivity index (χ1v) is 9.18. The van der Waals surface area contributed by atoms with Gasteiger partial charge >= 0.3 is 5.69 Å². The van der Waals surface area contributed by atoms with Crippen molar-refractivity contribution in [2.24, 2.45) is 0 Å². The molecular formula is C21H24N4O3. The smallest absolute Gasteiger partial charge is 0.351 e. The van der Waals surface area contributed by atoms with E-state index in [1.54, 1.807) is 43.3 Å². The Labute approximate surface area is 163 Å². The summed E-state index contributed by atoms with van der Waals surface area (Å²) in [4.78, 5) is 27.3. The minimum Gasteiger partial charge on any atom is -0.497 e. The van der Waals surface area contributed by atoms with Crippen molar-refractivity contribution in [3.63, 3.8) is 0 Å². The third-order valence-electron chi connectivity index (χ3n) is 4.49. The monoisotopic (exact) mass is 380 g/mol. The van der Waals surface area contributed by atoms with E-state index >= 15 is 0 Å². The Morgan fingerprint density at radius 3 is 2.39 bits per heavy atom. The zero-order chi connectivity index (χ0) is 20.1. The summed E-state index contributed by atoms with van der Waals surface area (Å²) in [6.07, 6.45) is 0.855. The molecule has 1 aromatic heterocycles. The topological polar surface area (TPSA) is 69.4 Å². The second-order valence-corrected chi connectivity index (χ2v) is 6.48. The summed E-state index contributed by atoms with van der Waals surface area (Å²) in [5, 5.41) is 4.52. The van der Waals surface area contributed by atoms with Crippen molar-refractivity contribution in [1.82, 2.24) is 19.2 Å². The third-order valence-corrected chi connectivity index (χ3v) is 4.49. The van der Waals surface area contributed by atoms with Gasteiger partial charge in [-0.05, 0) is 30.7 Å². The van der Waals surface area contributed by atoms with Gasteiger partial charge in [0.15, 0.2) is 5.82 Å². The molecule has 0 bridgehead atoms. The third kappa shape index (κ3) is 3.98. The van der Waals surface area contributed by atoms with Crippen LogP contribution in [0.1, 0.15) is 13.3 Å². The number of benzene rings is 2. The van der Waals surface area contributed by atoms with Gasteiger partial charge in [-0.1, -0.05) is 37.3 Å².